The summed E-state index contributed by atoms with van der Waals surface area (Å²) in [6, 6.07) is 11.9. The van der Waals surface area contributed by atoms with Crippen LogP contribution in [0.25, 0.3) is 11.3 Å². The third-order valence-electron chi connectivity index (χ3n) is 5.49. The minimum atomic E-state index is -3.75. The zero-order valence-corrected chi connectivity index (χ0v) is 20.3. The van der Waals surface area contributed by atoms with Gasteiger partial charge in [-0.05, 0) is 62.2 Å². The molecular formula is C23H25N3O5S2. The molecule has 3 aromatic rings. The minimum Gasteiger partial charge on any atom is -0.497 e. The molecule has 1 saturated heterocycles. The van der Waals surface area contributed by atoms with Crippen molar-refractivity contribution in [3.8, 4) is 22.8 Å². The van der Waals surface area contributed by atoms with Gasteiger partial charge in [0.05, 0.1) is 19.9 Å². The maximum Gasteiger partial charge on any atom is 0.257 e. The number of methoxy groups -OCH3 is 2. The Morgan fingerprint density at radius 1 is 1.06 bits per heavy atom. The number of carbonyl (C=O) groups excluding carboxylic acids is 1. The summed E-state index contributed by atoms with van der Waals surface area (Å²) in [4.78, 5) is 18.4. The molecule has 1 amide bonds. The molecule has 0 radical (unpaired) electrons. The summed E-state index contributed by atoms with van der Waals surface area (Å²) in [6.45, 7) is 2.86. The van der Waals surface area contributed by atoms with Gasteiger partial charge in [0.1, 0.15) is 16.4 Å². The van der Waals surface area contributed by atoms with Gasteiger partial charge < -0.3 is 9.47 Å². The second-order valence-corrected chi connectivity index (χ2v) is 10.7. The first-order chi connectivity index (χ1) is 15.8. The van der Waals surface area contributed by atoms with Gasteiger partial charge >= 0.3 is 0 Å². The Morgan fingerprint density at radius 3 is 2.39 bits per heavy atom. The first-order valence-electron chi connectivity index (χ1n) is 10.4. The van der Waals surface area contributed by atoms with E-state index in [4.69, 9.17) is 9.47 Å². The van der Waals surface area contributed by atoms with Crippen molar-refractivity contribution in [1.82, 2.24) is 9.29 Å². The van der Waals surface area contributed by atoms with Crippen LogP contribution < -0.4 is 14.8 Å². The van der Waals surface area contributed by atoms with E-state index in [0.717, 1.165) is 34.7 Å². The van der Waals surface area contributed by atoms with Crippen molar-refractivity contribution in [2.45, 2.75) is 24.7 Å². The van der Waals surface area contributed by atoms with E-state index in [1.807, 2.05) is 31.2 Å². The van der Waals surface area contributed by atoms with Crippen LogP contribution in [0.3, 0.4) is 0 Å². The second kappa shape index (κ2) is 9.50. The van der Waals surface area contributed by atoms with Gasteiger partial charge in [-0.15, -0.1) is 11.3 Å². The van der Waals surface area contributed by atoms with Crippen LogP contribution in [0.2, 0.25) is 0 Å². The second-order valence-electron chi connectivity index (χ2n) is 7.58. The SMILES string of the molecule is COc1ccc(-c2nc(NC(=O)c3ccc(OC)c(S(=O)(=O)N4CCCC4)c3)sc2C)cc1. The van der Waals surface area contributed by atoms with E-state index in [2.05, 4.69) is 10.3 Å². The molecule has 1 N–H and O–H groups in total. The number of thiazole rings is 1. The van der Waals surface area contributed by atoms with E-state index in [9.17, 15) is 13.2 Å². The van der Waals surface area contributed by atoms with Crippen molar-refractivity contribution in [3.63, 3.8) is 0 Å². The van der Waals surface area contributed by atoms with Gasteiger partial charge in [0.2, 0.25) is 10.0 Å². The standard InChI is InChI=1S/C23H25N3O5S2/c1-15-21(16-6-9-18(30-2)10-7-16)24-23(32-15)25-22(27)17-8-11-19(31-3)20(14-17)33(28,29)26-12-4-5-13-26/h6-11,14H,4-5,12-13H2,1-3H3,(H,24,25,27). The smallest absolute Gasteiger partial charge is 0.257 e. The average Bonchev–Trinajstić information content (AvgIpc) is 3.49. The lowest BCUT2D eigenvalue weighted by Crippen LogP contribution is -2.28. The van der Waals surface area contributed by atoms with Crippen molar-refractivity contribution in [3.05, 3.63) is 52.9 Å². The summed E-state index contributed by atoms with van der Waals surface area (Å²) in [5, 5.41) is 3.23. The molecule has 2 aromatic carbocycles. The normalized spacial score (nSPS) is 14.3. The predicted molar refractivity (Wildman–Crippen MR) is 128 cm³/mol. The number of benzene rings is 2. The zero-order valence-electron chi connectivity index (χ0n) is 18.6. The molecule has 0 saturated carbocycles. The molecule has 10 heteroatoms. The molecule has 1 fully saturated rings. The minimum absolute atomic E-state index is 0.00575. The fraction of sp³-hybridized carbons (Fsp3) is 0.304. The van der Waals surface area contributed by atoms with Crippen LogP contribution in [0, 0.1) is 6.92 Å². The fourth-order valence-corrected chi connectivity index (χ4v) is 6.25. The summed E-state index contributed by atoms with van der Waals surface area (Å²) in [5.74, 6) is 0.523. The Bertz CT molecular complexity index is 1260. The third-order valence-corrected chi connectivity index (χ3v) is 8.30. The number of hydrogen-bond acceptors (Lipinski definition) is 7. The number of nitrogens with one attached hydrogen (secondary N) is 1. The van der Waals surface area contributed by atoms with Gasteiger partial charge in [0.25, 0.3) is 5.91 Å². The number of rotatable bonds is 7. The lowest BCUT2D eigenvalue weighted by atomic mass is 10.1. The Kier molecular flexibility index (Phi) is 6.68. The summed E-state index contributed by atoms with van der Waals surface area (Å²) < 4.78 is 38.1. The summed E-state index contributed by atoms with van der Waals surface area (Å²) in [6.07, 6.45) is 1.64. The molecular weight excluding hydrogens is 462 g/mol. The van der Waals surface area contributed by atoms with Crippen LogP contribution >= 0.6 is 11.3 Å². The van der Waals surface area contributed by atoms with Crippen molar-refractivity contribution in [2.24, 2.45) is 0 Å². The molecule has 174 valence electrons. The number of hydrogen-bond donors (Lipinski definition) is 1. The highest BCUT2D eigenvalue weighted by Crippen LogP contribution is 2.33. The van der Waals surface area contributed by atoms with Crippen LogP contribution in [0.1, 0.15) is 28.1 Å². The van der Waals surface area contributed by atoms with Crippen LogP contribution in [0.15, 0.2) is 47.4 Å². The number of aromatic nitrogens is 1. The number of ether oxygens (including phenoxy) is 2. The van der Waals surface area contributed by atoms with Crippen LogP contribution in [-0.2, 0) is 10.0 Å². The maximum absolute atomic E-state index is 13.1. The largest absolute Gasteiger partial charge is 0.497 e. The van der Waals surface area contributed by atoms with Gasteiger partial charge in [-0.1, -0.05) is 0 Å². The summed E-state index contributed by atoms with van der Waals surface area (Å²) >= 11 is 1.35. The number of sulfonamides is 1. The van der Waals surface area contributed by atoms with Gasteiger partial charge in [-0.25, -0.2) is 13.4 Å². The van der Waals surface area contributed by atoms with E-state index >= 15 is 0 Å². The Hall–Kier alpha value is -2.95. The van der Waals surface area contributed by atoms with Crippen LogP contribution in [-0.4, -0.2) is 50.9 Å². The molecule has 1 aliphatic heterocycles. The van der Waals surface area contributed by atoms with Crippen molar-refractivity contribution < 1.29 is 22.7 Å². The maximum atomic E-state index is 13.1. The molecule has 0 aliphatic carbocycles. The molecule has 0 bridgehead atoms. The quantitative estimate of drug-likeness (QED) is 0.537. The Morgan fingerprint density at radius 2 is 1.76 bits per heavy atom. The zero-order chi connectivity index (χ0) is 23.6. The fourth-order valence-electron chi connectivity index (χ4n) is 3.72. The number of amides is 1. The van der Waals surface area contributed by atoms with E-state index in [1.54, 1.807) is 13.2 Å². The Balaban J connectivity index is 1.59. The molecule has 33 heavy (non-hydrogen) atoms. The topological polar surface area (TPSA) is 97.8 Å². The molecule has 0 atom stereocenters. The number of aryl methyl sites for hydroxylation is 1. The lowest BCUT2D eigenvalue weighted by Gasteiger charge is -2.18. The van der Waals surface area contributed by atoms with Crippen LogP contribution in [0.5, 0.6) is 11.5 Å². The monoisotopic (exact) mass is 487 g/mol. The van der Waals surface area contributed by atoms with Crippen molar-refractivity contribution in [2.75, 3.05) is 32.6 Å². The molecule has 8 nitrogen and oxygen atoms in total. The lowest BCUT2D eigenvalue weighted by molar-refractivity contribution is 0.102. The average molecular weight is 488 g/mol. The molecule has 1 aliphatic rings. The number of nitrogens with zero attached hydrogens (tertiary/aromatic N) is 2. The number of carbonyl (C=O) groups is 1. The van der Waals surface area contributed by atoms with E-state index in [1.165, 1.54) is 34.9 Å². The highest BCUT2D eigenvalue weighted by molar-refractivity contribution is 7.89. The number of anilines is 1. The molecule has 1 aromatic heterocycles. The molecule has 0 unspecified atom stereocenters. The third kappa shape index (κ3) is 4.73. The molecule has 4 rings (SSSR count). The van der Waals surface area contributed by atoms with Gasteiger partial charge in [0, 0.05) is 29.1 Å². The van der Waals surface area contributed by atoms with Gasteiger partial charge in [-0.3, -0.25) is 10.1 Å². The van der Waals surface area contributed by atoms with Crippen LogP contribution in [0.4, 0.5) is 5.13 Å². The summed E-state index contributed by atoms with van der Waals surface area (Å²) in [7, 11) is -0.727. The van der Waals surface area contributed by atoms with E-state index < -0.39 is 15.9 Å². The first kappa shape index (κ1) is 23.2. The highest BCUT2D eigenvalue weighted by Gasteiger charge is 2.30. The van der Waals surface area contributed by atoms with Gasteiger partial charge in [-0.2, -0.15) is 4.31 Å². The summed E-state index contributed by atoms with van der Waals surface area (Å²) in [5.41, 5.74) is 1.89. The predicted octanol–water partition coefficient (Wildman–Crippen LogP) is 4.17. The van der Waals surface area contributed by atoms with Crippen molar-refractivity contribution in [1.29, 1.82) is 0 Å². The van der Waals surface area contributed by atoms with E-state index in [-0.39, 0.29) is 16.2 Å². The van der Waals surface area contributed by atoms with E-state index in [0.29, 0.717) is 18.2 Å². The highest BCUT2D eigenvalue weighted by atomic mass is 32.2. The molecule has 2 heterocycles. The van der Waals surface area contributed by atoms with Crippen molar-refractivity contribution >= 4 is 32.4 Å². The Labute approximate surface area is 197 Å². The first-order valence-corrected chi connectivity index (χ1v) is 12.7. The molecule has 0 spiro atoms. The van der Waals surface area contributed by atoms with Gasteiger partial charge in [0.15, 0.2) is 5.13 Å².